The Labute approximate surface area is 146 Å². The van der Waals surface area contributed by atoms with Crippen LogP contribution in [0.2, 0.25) is 0 Å². The van der Waals surface area contributed by atoms with Crippen LogP contribution in [-0.2, 0) is 9.53 Å². The van der Waals surface area contributed by atoms with E-state index in [0.717, 1.165) is 48.9 Å². The molecule has 25 heavy (non-hydrogen) atoms. The fourth-order valence-corrected chi connectivity index (χ4v) is 5.50. The van der Waals surface area contributed by atoms with Crippen LogP contribution in [-0.4, -0.2) is 45.7 Å². The fourth-order valence-electron chi connectivity index (χ4n) is 5.50. The molecule has 4 unspecified atom stereocenters. The summed E-state index contributed by atoms with van der Waals surface area (Å²) in [4.78, 5) is 18.8. The molecule has 0 aromatic carbocycles. The third-order valence-electron chi connectivity index (χ3n) is 6.66. The second-order valence-electron chi connectivity index (χ2n) is 8.23. The number of hydrogen-bond donors (Lipinski definition) is 0. The van der Waals surface area contributed by atoms with E-state index in [1.807, 2.05) is 4.52 Å². The second kappa shape index (κ2) is 4.81. The Morgan fingerprint density at radius 3 is 2.56 bits per heavy atom. The third-order valence-corrected chi connectivity index (χ3v) is 6.66. The number of ether oxygens (including phenoxy) is 1. The summed E-state index contributed by atoms with van der Waals surface area (Å²) in [6.07, 6.45) is 3.87. The van der Waals surface area contributed by atoms with E-state index in [1.165, 1.54) is 12.8 Å². The molecular weight excluding hydrogens is 316 g/mol. The van der Waals surface area contributed by atoms with Crippen molar-refractivity contribution in [3.05, 3.63) is 23.5 Å². The van der Waals surface area contributed by atoms with Gasteiger partial charge in [0.2, 0.25) is 0 Å². The highest BCUT2D eigenvalue weighted by molar-refractivity contribution is 5.83. The van der Waals surface area contributed by atoms with Crippen molar-refractivity contribution in [2.75, 3.05) is 18.1 Å². The summed E-state index contributed by atoms with van der Waals surface area (Å²) in [5.74, 6) is 3.11. The lowest BCUT2D eigenvalue weighted by atomic mass is 10.1. The first-order valence-corrected chi connectivity index (χ1v) is 9.44. The molecule has 6 rings (SSSR count). The average molecular weight is 338 g/mol. The van der Waals surface area contributed by atoms with Crippen molar-refractivity contribution >= 4 is 17.2 Å². The van der Waals surface area contributed by atoms with Crippen LogP contribution in [0.3, 0.4) is 0 Å². The molecule has 0 radical (unpaired) electrons. The number of hydrogen-bond acceptors (Lipinski definition) is 5. The molecule has 130 valence electrons. The number of morpholine rings is 1. The van der Waals surface area contributed by atoms with E-state index in [2.05, 4.69) is 24.0 Å². The first-order chi connectivity index (χ1) is 12.2. The number of rotatable bonds is 2. The number of Topliss-reactive ketones (excluding diaryl/α,β-unsaturated/α-hetero) is 1. The van der Waals surface area contributed by atoms with Crippen LogP contribution >= 0.6 is 0 Å². The molecule has 4 heterocycles. The minimum absolute atomic E-state index is 0.426. The fraction of sp³-hybridized carbons (Fsp3) is 0.632. The highest BCUT2D eigenvalue weighted by atomic mass is 16.5. The Balaban J connectivity index is 1.43. The normalized spacial score (nSPS) is 36.3. The molecule has 2 bridgehead atoms. The van der Waals surface area contributed by atoms with Crippen LogP contribution in [0.4, 0.5) is 5.82 Å². The van der Waals surface area contributed by atoms with Gasteiger partial charge in [0.05, 0.1) is 31.0 Å². The standard InChI is InChI=1S/C19H22N4O2/c1-10-4-18(22-11-2-3-12(22)9-25-8-11)23-17(20-10)7-16(21-23)19-14-5-13(24)6-15(14)19/h4,7,11-12,14-15,19H,2-3,5-6,8-9H2,1H3. The molecule has 2 aromatic rings. The van der Waals surface area contributed by atoms with Gasteiger partial charge in [0.15, 0.2) is 5.65 Å². The maximum absolute atomic E-state index is 11.6. The second-order valence-corrected chi connectivity index (χ2v) is 8.23. The van der Waals surface area contributed by atoms with Crippen LogP contribution in [0.15, 0.2) is 12.1 Å². The van der Waals surface area contributed by atoms with Crippen LogP contribution < -0.4 is 4.90 Å². The number of carbonyl (C=O) groups is 1. The van der Waals surface area contributed by atoms with Crippen LogP contribution in [0.5, 0.6) is 0 Å². The molecular formula is C19H22N4O2. The number of aromatic nitrogens is 3. The lowest BCUT2D eigenvalue weighted by Gasteiger charge is -2.36. The molecule has 0 amide bonds. The van der Waals surface area contributed by atoms with Gasteiger partial charge in [-0.05, 0) is 31.6 Å². The largest absolute Gasteiger partial charge is 0.377 e. The Hall–Kier alpha value is -1.95. The van der Waals surface area contributed by atoms with Crippen LogP contribution in [0.1, 0.15) is 43.0 Å². The van der Waals surface area contributed by atoms with Crippen molar-refractivity contribution in [2.24, 2.45) is 11.8 Å². The Morgan fingerprint density at radius 1 is 1.12 bits per heavy atom. The molecule has 2 saturated heterocycles. The van der Waals surface area contributed by atoms with Gasteiger partial charge >= 0.3 is 0 Å². The molecule has 2 aromatic heterocycles. The van der Waals surface area contributed by atoms with Gasteiger partial charge in [-0.2, -0.15) is 9.61 Å². The Morgan fingerprint density at radius 2 is 1.84 bits per heavy atom. The molecule has 4 fully saturated rings. The van der Waals surface area contributed by atoms with Crippen molar-refractivity contribution in [1.29, 1.82) is 0 Å². The number of fused-ring (bicyclic) bond motifs is 4. The summed E-state index contributed by atoms with van der Waals surface area (Å²) in [5.41, 5.74) is 3.10. The predicted molar refractivity (Wildman–Crippen MR) is 91.8 cm³/mol. The summed E-state index contributed by atoms with van der Waals surface area (Å²) in [7, 11) is 0. The van der Waals surface area contributed by atoms with Gasteiger partial charge in [-0.15, -0.1) is 0 Å². The van der Waals surface area contributed by atoms with Gasteiger partial charge < -0.3 is 9.64 Å². The molecule has 0 spiro atoms. The summed E-state index contributed by atoms with van der Waals surface area (Å²) in [5, 5.41) is 4.96. The van der Waals surface area contributed by atoms with Gasteiger partial charge in [0, 0.05) is 36.6 Å². The summed E-state index contributed by atoms with van der Waals surface area (Å²) in [6.45, 7) is 3.67. The quantitative estimate of drug-likeness (QED) is 0.839. The average Bonchev–Trinajstić information content (AvgIpc) is 2.89. The Kier molecular flexibility index (Phi) is 2.74. The number of aryl methyl sites for hydroxylation is 1. The molecule has 0 N–H and O–H groups in total. The summed E-state index contributed by atoms with van der Waals surface area (Å²) >= 11 is 0. The van der Waals surface area contributed by atoms with Gasteiger partial charge in [-0.3, -0.25) is 4.79 Å². The lowest BCUT2D eigenvalue weighted by Crippen LogP contribution is -2.46. The SMILES string of the molecule is Cc1cc(N2C3CCC2COC3)n2nc(C3C4CC(=O)CC43)cc2n1. The number of carbonyl (C=O) groups excluding carboxylic acids is 1. The van der Waals surface area contributed by atoms with Crippen LogP contribution in [0, 0.1) is 18.8 Å². The van der Waals surface area contributed by atoms with Crippen molar-refractivity contribution in [1.82, 2.24) is 14.6 Å². The van der Waals surface area contributed by atoms with E-state index in [-0.39, 0.29) is 0 Å². The van der Waals surface area contributed by atoms with E-state index >= 15 is 0 Å². The van der Waals surface area contributed by atoms with E-state index in [1.54, 1.807) is 0 Å². The third kappa shape index (κ3) is 1.97. The van der Waals surface area contributed by atoms with E-state index < -0.39 is 0 Å². The first kappa shape index (κ1) is 14.2. The van der Waals surface area contributed by atoms with Crippen molar-refractivity contribution in [2.45, 2.75) is 50.6 Å². The van der Waals surface area contributed by atoms with Crippen LogP contribution in [0.25, 0.3) is 5.65 Å². The first-order valence-electron chi connectivity index (χ1n) is 9.44. The number of ketones is 1. The van der Waals surface area contributed by atoms with E-state index in [4.69, 9.17) is 14.8 Å². The van der Waals surface area contributed by atoms with Crippen molar-refractivity contribution in [3.8, 4) is 0 Å². The maximum Gasteiger partial charge on any atom is 0.157 e. The minimum Gasteiger partial charge on any atom is -0.377 e. The highest BCUT2D eigenvalue weighted by Crippen LogP contribution is 2.61. The minimum atomic E-state index is 0.426. The highest BCUT2D eigenvalue weighted by Gasteiger charge is 2.57. The van der Waals surface area contributed by atoms with Gasteiger partial charge in [-0.25, -0.2) is 4.98 Å². The summed E-state index contributed by atoms with van der Waals surface area (Å²) in [6, 6.07) is 5.22. The monoisotopic (exact) mass is 338 g/mol. The lowest BCUT2D eigenvalue weighted by molar-refractivity contribution is -0.118. The molecule has 6 heteroatoms. The van der Waals surface area contributed by atoms with E-state index in [9.17, 15) is 4.79 Å². The molecule has 2 saturated carbocycles. The van der Waals surface area contributed by atoms with E-state index in [0.29, 0.717) is 35.6 Å². The zero-order chi connectivity index (χ0) is 16.7. The predicted octanol–water partition coefficient (Wildman–Crippen LogP) is 2.10. The number of nitrogens with zero attached hydrogens (tertiary/aromatic N) is 4. The zero-order valence-corrected chi connectivity index (χ0v) is 14.4. The van der Waals surface area contributed by atoms with Crippen molar-refractivity contribution in [3.63, 3.8) is 0 Å². The van der Waals surface area contributed by atoms with Crippen molar-refractivity contribution < 1.29 is 9.53 Å². The number of anilines is 1. The Bertz CT molecular complexity index is 861. The molecule has 4 aliphatic rings. The topological polar surface area (TPSA) is 59.7 Å². The molecule has 6 nitrogen and oxygen atoms in total. The molecule has 2 aliphatic heterocycles. The van der Waals surface area contributed by atoms with Gasteiger partial charge in [0.1, 0.15) is 11.6 Å². The summed E-state index contributed by atoms with van der Waals surface area (Å²) < 4.78 is 7.78. The maximum atomic E-state index is 11.6. The van der Waals surface area contributed by atoms with Gasteiger partial charge in [-0.1, -0.05) is 0 Å². The molecule has 2 aliphatic carbocycles. The smallest absolute Gasteiger partial charge is 0.157 e. The zero-order valence-electron chi connectivity index (χ0n) is 14.4. The van der Waals surface area contributed by atoms with Gasteiger partial charge in [0.25, 0.3) is 0 Å². The molecule has 4 atom stereocenters.